The van der Waals surface area contributed by atoms with Gasteiger partial charge >= 0.3 is 0 Å². The van der Waals surface area contributed by atoms with Gasteiger partial charge in [0, 0.05) is 23.7 Å². The third-order valence-electron chi connectivity index (χ3n) is 3.33. The van der Waals surface area contributed by atoms with E-state index in [4.69, 9.17) is 6.42 Å². The summed E-state index contributed by atoms with van der Waals surface area (Å²) < 4.78 is 1.66. The number of amides is 2. The van der Waals surface area contributed by atoms with Gasteiger partial charge in [0.2, 0.25) is 11.8 Å². The van der Waals surface area contributed by atoms with Gasteiger partial charge in [-0.1, -0.05) is 5.92 Å². The van der Waals surface area contributed by atoms with Gasteiger partial charge in [-0.05, 0) is 18.6 Å². The van der Waals surface area contributed by atoms with Crippen molar-refractivity contribution in [3.63, 3.8) is 0 Å². The van der Waals surface area contributed by atoms with Crippen LogP contribution < -0.4 is 5.32 Å². The van der Waals surface area contributed by atoms with Gasteiger partial charge < -0.3 is 0 Å². The SMILES string of the molecule is C#Cc1ccc2c(C3CCC(=O)NC3=O)cnn2c1. The minimum Gasteiger partial charge on any atom is -0.296 e. The highest BCUT2D eigenvalue weighted by Gasteiger charge is 2.30. The first-order chi connectivity index (χ1) is 9.19. The van der Waals surface area contributed by atoms with Crippen LogP contribution >= 0.6 is 0 Å². The normalized spacial score (nSPS) is 19.2. The molecule has 5 nitrogen and oxygen atoms in total. The molecule has 1 N–H and O–H groups in total. The molecule has 3 rings (SSSR count). The summed E-state index contributed by atoms with van der Waals surface area (Å²) >= 11 is 0. The second kappa shape index (κ2) is 4.25. The molecule has 19 heavy (non-hydrogen) atoms. The van der Waals surface area contributed by atoms with E-state index in [2.05, 4.69) is 16.3 Å². The molecule has 1 aliphatic heterocycles. The summed E-state index contributed by atoms with van der Waals surface area (Å²) in [5, 5.41) is 6.57. The molecule has 1 aliphatic rings. The highest BCUT2D eigenvalue weighted by Crippen LogP contribution is 2.28. The number of imide groups is 1. The number of terminal acetylenes is 1. The molecule has 2 aromatic heterocycles. The maximum absolute atomic E-state index is 11.9. The maximum atomic E-state index is 11.9. The number of hydrogen-bond acceptors (Lipinski definition) is 3. The number of hydrogen-bond donors (Lipinski definition) is 1. The van der Waals surface area contributed by atoms with Crippen molar-refractivity contribution in [1.29, 1.82) is 0 Å². The fourth-order valence-electron chi connectivity index (χ4n) is 2.35. The molecule has 3 heterocycles. The average Bonchev–Trinajstić information content (AvgIpc) is 2.81. The molecule has 0 radical (unpaired) electrons. The second-order valence-electron chi connectivity index (χ2n) is 4.50. The summed E-state index contributed by atoms with van der Waals surface area (Å²) in [5.41, 5.74) is 2.40. The first-order valence-electron chi connectivity index (χ1n) is 5.96. The summed E-state index contributed by atoms with van der Waals surface area (Å²) in [6, 6.07) is 3.66. The highest BCUT2D eigenvalue weighted by molar-refractivity contribution is 6.01. The van der Waals surface area contributed by atoms with Crippen molar-refractivity contribution in [1.82, 2.24) is 14.9 Å². The number of fused-ring (bicyclic) bond motifs is 1. The Morgan fingerprint density at radius 3 is 3.00 bits per heavy atom. The van der Waals surface area contributed by atoms with Crippen molar-refractivity contribution in [2.75, 3.05) is 0 Å². The van der Waals surface area contributed by atoms with Crippen molar-refractivity contribution in [2.45, 2.75) is 18.8 Å². The molecule has 0 spiro atoms. The van der Waals surface area contributed by atoms with Gasteiger partial charge in [0.1, 0.15) is 0 Å². The number of carbonyl (C=O) groups excluding carboxylic acids is 2. The number of aromatic nitrogens is 2. The van der Waals surface area contributed by atoms with E-state index in [1.165, 1.54) is 0 Å². The summed E-state index contributed by atoms with van der Waals surface area (Å²) in [4.78, 5) is 23.0. The van der Waals surface area contributed by atoms with Crippen molar-refractivity contribution in [3.05, 3.63) is 35.7 Å². The Balaban J connectivity index is 2.04. The molecule has 94 valence electrons. The Bertz CT molecular complexity index is 724. The van der Waals surface area contributed by atoms with Crippen LogP contribution in [0.3, 0.4) is 0 Å². The Morgan fingerprint density at radius 1 is 1.42 bits per heavy atom. The Kier molecular flexibility index (Phi) is 2.57. The minimum absolute atomic E-state index is 0.215. The van der Waals surface area contributed by atoms with Crippen molar-refractivity contribution >= 4 is 17.3 Å². The predicted molar refractivity (Wildman–Crippen MR) is 68.3 cm³/mol. The van der Waals surface area contributed by atoms with Crippen LogP contribution in [0.2, 0.25) is 0 Å². The molecule has 5 heteroatoms. The summed E-state index contributed by atoms with van der Waals surface area (Å²) in [6.07, 6.45) is 9.61. The van der Waals surface area contributed by atoms with Crippen LogP contribution in [0, 0.1) is 12.3 Å². The third kappa shape index (κ3) is 1.87. The molecule has 0 aromatic carbocycles. The van der Waals surface area contributed by atoms with Gasteiger partial charge in [0.05, 0.1) is 17.6 Å². The van der Waals surface area contributed by atoms with Crippen LogP contribution in [-0.2, 0) is 9.59 Å². The van der Waals surface area contributed by atoms with Crippen LogP contribution in [0.4, 0.5) is 0 Å². The topological polar surface area (TPSA) is 63.5 Å². The Morgan fingerprint density at radius 2 is 2.26 bits per heavy atom. The fourth-order valence-corrected chi connectivity index (χ4v) is 2.35. The zero-order valence-electron chi connectivity index (χ0n) is 10.1. The number of nitrogens with zero attached hydrogens (tertiary/aromatic N) is 2. The van der Waals surface area contributed by atoms with Gasteiger partial charge in [-0.2, -0.15) is 5.10 Å². The molecule has 2 aromatic rings. The van der Waals surface area contributed by atoms with Crippen LogP contribution in [0.1, 0.15) is 29.9 Å². The van der Waals surface area contributed by atoms with Crippen molar-refractivity contribution in [2.24, 2.45) is 0 Å². The zero-order valence-corrected chi connectivity index (χ0v) is 10.1. The van der Waals surface area contributed by atoms with Gasteiger partial charge in [0.15, 0.2) is 0 Å². The standard InChI is InChI=1S/C14H11N3O2/c1-2-9-3-5-12-11(7-15-17(12)8-9)10-4-6-13(18)16-14(10)19/h1,3,5,7-8,10H,4,6H2,(H,16,18,19). The van der Waals surface area contributed by atoms with Gasteiger partial charge in [-0.15, -0.1) is 6.42 Å². The average molecular weight is 253 g/mol. The van der Waals surface area contributed by atoms with E-state index in [1.807, 2.05) is 12.1 Å². The van der Waals surface area contributed by atoms with Crippen LogP contribution in [0.25, 0.3) is 5.52 Å². The maximum Gasteiger partial charge on any atom is 0.234 e. The smallest absolute Gasteiger partial charge is 0.234 e. The minimum atomic E-state index is -0.327. The molecule has 0 bridgehead atoms. The summed E-state index contributed by atoms with van der Waals surface area (Å²) in [6.45, 7) is 0. The number of piperidine rings is 1. The molecule has 0 saturated carbocycles. The molecule has 2 amide bonds. The molecule has 1 atom stereocenters. The number of nitrogens with one attached hydrogen (secondary N) is 1. The lowest BCUT2D eigenvalue weighted by molar-refractivity contribution is -0.134. The van der Waals surface area contributed by atoms with Crippen molar-refractivity contribution in [3.8, 4) is 12.3 Å². The number of rotatable bonds is 1. The van der Waals surface area contributed by atoms with E-state index < -0.39 is 0 Å². The highest BCUT2D eigenvalue weighted by atomic mass is 16.2. The van der Waals surface area contributed by atoms with Crippen LogP contribution in [0.5, 0.6) is 0 Å². The molecular formula is C14H11N3O2. The predicted octanol–water partition coefficient (Wildman–Crippen LogP) is 0.836. The number of carbonyl (C=O) groups is 2. The van der Waals surface area contributed by atoms with Gasteiger partial charge in [-0.25, -0.2) is 4.52 Å². The number of pyridine rings is 1. The zero-order chi connectivity index (χ0) is 13.4. The molecular weight excluding hydrogens is 242 g/mol. The molecule has 1 fully saturated rings. The van der Waals surface area contributed by atoms with E-state index in [-0.39, 0.29) is 17.7 Å². The van der Waals surface area contributed by atoms with Crippen molar-refractivity contribution < 1.29 is 9.59 Å². The second-order valence-corrected chi connectivity index (χ2v) is 4.50. The van der Waals surface area contributed by atoms with Gasteiger partial charge in [0.25, 0.3) is 0 Å². The molecule has 0 aliphatic carbocycles. The first-order valence-corrected chi connectivity index (χ1v) is 5.96. The third-order valence-corrected chi connectivity index (χ3v) is 3.33. The summed E-state index contributed by atoms with van der Waals surface area (Å²) in [7, 11) is 0. The van der Waals surface area contributed by atoms with E-state index in [1.54, 1.807) is 16.9 Å². The first kappa shape index (κ1) is 11.5. The Hall–Kier alpha value is -2.61. The lowest BCUT2D eigenvalue weighted by Crippen LogP contribution is -2.39. The molecule has 1 saturated heterocycles. The van der Waals surface area contributed by atoms with E-state index >= 15 is 0 Å². The lowest BCUT2D eigenvalue weighted by atomic mass is 9.91. The van der Waals surface area contributed by atoms with E-state index in [0.717, 1.165) is 16.6 Å². The van der Waals surface area contributed by atoms with Gasteiger partial charge in [-0.3, -0.25) is 14.9 Å². The fraction of sp³-hybridized carbons (Fsp3) is 0.214. The molecule has 1 unspecified atom stereocenters. The van der Waals surface area contributed by atoms with E-state index in [0.29, 0.717) is 12.8 Å². The van der Waals surface area contributed by atoms with Crippen LogP contribution in [-0.4, -0.2) is 21.4 Å². The lowest BCUT2D eigenvalue weighted by Gasteiger charge is -2.19. The Labute approximate surface area is 109 Å². The van der Waals surface area contributed by atoms with Crippen LogP contribution in [0.15, 0.2) is 24.5 Å². The quantitative estimate of drug-likeness (QED) is 0.605. The van der Waals surface area contributed by atoms with E-state index in [9.17, 15) is 9.59 Å². The largest absolute Gasteiger partial charge is 0.296 e. The summed E-state index contributed by atoms with van der Waals surface area (Å²) in [5.74, 6) is 1.74. The monoisotopic (exact) mass is 253 g/mol.